The van der Waals surface area contributed by atoms with Crippen LogP contribution in [-0.2, 0) is 6.54 Å². The average Bonchev–Trinajstić information content (AvgIpc) is 3.13. The first kappa shape index (κ1) is 21.0. The standard InChI is InChI=1S/C26H28ClN5/c1-17-7-9-19(10-8-17)16-32-13-11-20(12-14-32)30-26-28-15-22(27)25(31-26)24-18(2)29-23-6-4-3-5-21(23)24/h3-10,15,20,29H,11-14,16H2,1-2H3,(H,28,30,31). The van der Waals surface area contributed by atoms with Crippen molar-refractivity contribution in [3.63, 3.8) is 0 Å². The second kappa shape index (κ2) is 8.93. The van der Waals surface area contributed by atoms with Gasteiger partial charge in [0.15, 0.2) is 0 Å². The molecule has 3 heterocycles. The molecule has 1 aliphatic heterocycles. The quantitative estimate of drug-likeness (QED) is 0.397. The number of H-pyrrole nitrogens is 1. The third kappa shape index (κ3) is 4.36. The normalized spacial score (nSPS) is 15.3. The predicted octanol–water partition coefficient (Wildman–Crippen LogP) is 5.97. The molecule has 0 amide bonds. The highest BCUT2D eigenvalue weighted by molar-refractivity contribution is 6.33. The van der Waals surface area contributed by atoms with Crippen molar-refractivity contribution >= 4 is 28.5 Å². The van der Waals surface area contributed by atoms with Crippen LogP contribution in [0.5, 0.6) is 0 Å². The lowest BCUT2D eigenvalue weighted by Gasteiger charge is -2.32. The van der Waals surface area contributed by atoms with E-state index in [9.17, 15) is 0 Å². The summed E-state index contributed by atoms with van der Waals surface area (Å²) in [6.07, 6.45) is 3.85. The fourth-order valence-electron chi connectivity index (χ4n) is 4.56. The minimum atomic E-state index is 0.363. The van der Waals surface area contributed by atoms with Gasteiger partial charge in [0, 0.05) is 47.8 Å². The molecule has 0 saturated carbocycles. The van der Waals surface area contributed by atoms with Crippen molar-refractivity contribution < 1.29 is 0 Å². The molecule has 0 bridgehead atoms. The summed E-state index contributed by atoms with van der Waals surface area (Å²) < 4.78 is 0. The molecule has 0 aliphatic carbocycles. The number of piperidine rings is 1. The molecule has 164 valence electrons. The fraction of sp³-hybridized carbons (Fsp3) is 0.308. The van der Waals surface area contributed by atoms with Crippen LogP contribution in [0.4, 0.5) is 5.95 Å². The Balaban J connectivity index is 1.28. The van der Waals surface area contributed by atoms with E-state index in [4.69, 9.17) is 16.6 Å². The Labute approximate surface area is 193 Å². The van der Waals surface area contributed by atoms with Crippen LogP contribution in [0, 0.1) is 13.8 Å². The third-order valence-corrected chi connectivity index (χ3v) is 6.60. The van der Waals surface area contributed by atoms with Crippen molar-refractivity contribution in [2.75, 3.05) is 18.4 Å². The van der Waals surface area contributed by atoms with Gasteiger partial charge in [0.25, 0.3) is 0 Å². The van der Waals surface area contributed by atoms with Gasteiger partial charge in [-0.15, -0.1) is 0 Å². The molecule has 2 aromatic heterocycles. The molecule has 6 heteroatoms. The van der Waals surface area contributed by atoms with E-state index in [1.807, 2.05) is 12.1 Å². The summed E-state index contributed by atoms with van der Waals surface area (Å²) in [5, 5.41) is 5.24. The van der Waals surface area contributed by atoms with Crippen LogP contribution in [-0.4, -0.2) is 39.0 Å². The molecule has 0 spiro atoms. The zero-order valence-corrected chi connectivity index (χ0v) is 19.3. The lowest BCUT2D eigenvalue weighted by Crippen LogP contribution is -2.39. The highest BCUT2D eigenvalue weighted by atomic mass is 35.5. The summed E-state index contributed by atoms with van der Waals surface area (Å²) >= 11 is 6.54. The Morgan fingerprint density at radius 2 is 1.81 bits per heavy atom. The molecule has 32 heavy (non-hydrogen) atoms. The summed E-state index contributed by atoms with van der Waals surface area (Å²) in [7, 11) is 0. The van der Waals surface area contributed by atoms with E-state index >= 15 is 0 Å². The maximum Gasteiger partial charge on any atom is 0.223 e. The maximum absolute atomic E-state index is 6.54. The molecule has 0 radical (unpaired) electrons. The number of hydrogen-bond acceptors (Lipinski definition) is 4. The SMILES string of the molecule is Cc1ccc(CN2CCC(Nc3ncc(Cl)c(-c4c(C)[nH]c5ccccc45)n3)CC2)cc1. The summed E-state index contributed by atoms with van der Waals surface area (Å²) in [4.78, 5) is 15.3. The molecule has 0 atom stereocenters. The minimum absolute atomic E-state index is 0.363. The van der Waals surface area contributed by atoms with E-state index in [2.05, 4.69) is 70.4 Å². The van der Waals surface area contributed by atoms with Gasteiger partial charge in [0.1, 0.15) is 0 Å². The second-order valence-corrected chi connectivity index (χ2v) is 9.15. The molecule has 5 nitrogen and oxygen atoms in total. The summed E-state index contributed by atoms with van der Waals surface area (Å²) in [6.45, 7) is 7.32. The number of halogens is 1. The topological polar surface area (TPSA) is 56.8 Å². The van der Waals surface area contributed by atoms with Crippen molar-refractivity contribution in [1.29, 1.82) is 0 Å². The lowest BCUT2D eigenvalue weighted by atomic mass is 10.0. The van der Waals surface area contributed by atoms with Crippen molar-refractivity contribution in [2.24, 2.45) is 0 Å². The van der Waals surface area contributed by atoms with E-state index in [-0.39, 0.29) is 0 Å². The molecule has 4 aromatic rings. The molecular weight excluding hydrogens is 418 g/mol. The first-order valence-electron chi connectivity index (χ1n) is 11.2. The second-order valence-electron chi connectivity index (χ2n) is 8.74. The lowest BCUT2D eigenvalue weighted by molar-refractivity contribution is 0.211. The predicted molar refractivity (Wildman–Crippen MR) is 132 cm³/mol. The van der Waals surface area contributed by atoms with Crippen LogP contribution in [0.25, 0.3) is 22.2 Å². The first-order valence-corrected chi connectivity index (χ1v) is 11.6. The van der Waals surface area contributed by atoms with Gasteiger partial charge >= 0.3 is 0 Å². The average molecular weight is 446 g/mol. The molecule has 2 N–H and O–H groups in total. The van der Waals surface area contributed by atoms with Crippen molar-refractivity contribution in [3.05, 3.63) is 76.6 Å². The summed E-state index contributed by atoms with van der Waals surface area (Å²) in [5.41, 5.74) is 6.65. The Morgan fingerprint density at radius 1 is 1.06 bits per heavy atom. The van der Waals surface area contributed by atoms with Gasteiger partial charge in [-0.1, -0.05) is 59.6 Å². The Hall–Kier alpha value is -2.89. The van der Waals surface area contributed by atoms with Crippen LogP contribution >= 0.6 is 11.6 Å². The van der Waals surface area contributed by atoms with Gasteiger partial charge in [0.05, 0.1) is 16.9 Å². The number of para-hydroxylation sites is 1. The summed E-state index contributed by atoms with van der Waals surface area (Å²) in [5.74, 6) is 0.645. The number of aryl methyl sites for hydroxylation is 2. The van der Waals surface area contributed by atoms with E-state index in [1.54, 1.807) is 6.20 Å². The van der Waals surface area contributed by atoms with Crippen molar-refractivity contribution in [3.8, 4) is 11.3 Å². The zero-order valence-electron chi connectivity index (χ0n) is 18.5. The fourth-order valence-corrected chi connectivity index (χ4v) is 4.75. The van der Waals surface area contributed by atoms with Crippen molar-refractivity contribution in [1.82, 2.24) is 19.9 Å². The Bertz CT molecular complexity index is 1220. The van der Waals surface area contributed by atoms with Gasteiger partial charge in [-0.05, 0) is 38.3 Å². The number of nitrogens with one attached hydrogen (secondary N) is 2. The first-order chi connectivity index (χ1) is 15.6. The number of anilines is 1. The number of aromatic amines is 1. The molecule has 1 aliphatic rings. The largest absolute Gasteiger partial charge is 0.358 e. The number of rotatable bonds is 5. The van der Waals surface area contributed by atoms with Crippen LogP contribution in [0.15, 0.2) is 54.7 Å². The zero-order chi connectivity index (χ0) is 22.1. The summed E-state index contributed by atoms with van der Waals surface area (Å²) in [6, 6.07) is 17.4. The number of nitrogens with zero attached hydrogens (tertiary/aromatic N) is 3. The maximum atomic E-state index is 6.54. The Morgan fingerprint density at radius 3 is 2.59 bits per heavy atom. The van der Waals surface area contributed by atoms with Gasteiger partial charge in [0.2, 0.25) is 5.95 Å². The Kier molecular flexibility index (Phi) is 5.85. The molecular formula is C26H28ClN5. The monoisotopic (exact) mass is 445 g/mol. The van der Waals surface area contributed by atoms with E-state index < -0.39 is 0 Å². The van der Waals surface area contributed by atoms with Crippen LogP contribution in [0.2, 0.25) is 5.02 Å². The minimum Gasteiger partial charge on any atom is -0.358 e. The highest BCUT2D eigenvalue weighted by Gasteiger charge is 2.21. The molecule has 0 unspecified atom stereocenters. The van der Waals surface area contributed by atoms with Gasteiger partial charge in [-0.3, -0.25) is 4.90 Å². The van der Waals surface area contributed by atoms with Crippen molar-refractivity contribution in [2.45, 2.75) is 39.3 Å². The van der Waals surface area contributed by atoms with E-state index in [1.165, 1.54) is 11.1 Å². The van der Waals surface area contributed by atoms with E-state index in [0.29, 0.717) is 17.0 Å². The van der Waals surface area contributed by atoms with Crippen LogP contribution in [0.3, 0.4) is 0 Å². The molecule has 1 fully saturated rings. The number of fused-ring (bicyclic) bond motifs is 1. The van der Waals surface area contributed by atoms with E-state index in [0.717, 1.165) is 60.3 Å². The van der Waals surface area contributed by atoms with Gasteiger partial charge < -0.3 is 10.3 Å². The smallest absolute Gasteiger partial charge is 0.223 e. The third-order valence-electron chi connectivity index (χ3n) is 6.32. The number of benzene rings is 2. The van der Waals surface area contributed by atoms with Crippen LogP contribution < -0.4 is 5.32 Å². The highest BCUT2D eigenvalue weighted by Crippen LogP contribution is 2.35. The number of hydrogen-bond donors (Lipinski definition) is 2. The van der Waals surface area contributed by atoms with Gasteiger partial charge in [-0.2, -0.15) is 0 Å². The molecule has 2 aromatic carbocycles. The number of aromatic nitrogens is 3. The van der Waals surface area contributed by atoms with Gasteiger partial charge in [-0.25, -0.2) is 9.97 Å². The number of likely N-dealkylation sites (tertiary alicyclic amines) is 1. The molecule has 1 saturated heterocycles. The molecule has 5 rings (SSSR count). The van der Waals surface area contributed by atoms with Crippen LogP contribution in [0.1, 0.15) is 29.7 Å².